The number of amides is 1. The van der Waals surface area contributed by atoms with Crippen LogP contribution in [0.25, 0.3) is 10.9 Å². The molecule has 2 heterocycles. The molecule has 0 bridgehead atoms. The summed E-state index contributed by atoms with van der Waals surface area (Å²) in [6, 6.07) is 2.37. The molecule has 4 N–H and O–H groups in total. The van der Waals surface area contributed by atoms with E-state index in [0.29, 0.717) is 0 Å². The van der Waals surface area contributed by atoms with Crippen LogP contribution in [0.4, 0.5) is 18.3 Å². The molecule has 136 valence electrons. The number of nitrogens with zero attached hydrogens (tertiary/aromatic N) is 2. The van der Waals surface area contributed by atoms with Gasteiger partial charge in [-0.05, 0) is 19.1 Å². The highest BCUT2D eigenvalue weighted by molar-refractivity contribution is 7.13. The number of hydrogen-bond donors (Lipinski definition) is 3. The first-order chi connectivity index (χ1) is 12.2. The van der Waals surface area contributed by atoms with Crippen LogP contribution < -0.4 is 11.1 Å². The SMILES string of the molecule is C[C@@H](N)c1nc2c(C(F)(F)F)cccc2c(O)c1C(=O)Nc1nccs1. The van der Waals surface area contributed by atoms with Crippen LogP contribution in [0.1, 0.15) is 34.6 Å². The highest BCUT2D eigenvalue weighted by Gasteiger charge is 2.35. The normalized spacial score (nSPS) is 13.0. The molecule has 0 saturated carbocycles. The maximum atomic E-state index is 13.3. The topological polar surface area (TPSA) is 101 Å². The number of benzene rings is 1. The van der Waals surface area contributed by atoms with Gasteiger partial charge in [-0.15, -0.1) is 11.3 Å². The van der Waals surface area contributed by atoms with E-state index >= 15 is 0 Å². The van der Waals surface area contributed by atoms with E-state index < -0.39 is 35.0 Å². The smallest absolute Gasteiger partial charge is 0.418 e. The van der Waals surface area contributed by atoms with Gasteiger partial charge in [-0.3, -0.25) is 10.1 Å². The van der Waals surface area contributed by atoms with Crippen LogP contribution in [0.2, 0.25) is 0 Å². The Bertz CT molecular complexity index is 972. The summed E-state index contributed by atoms with van der Waals surface area (Å²) in [4.78, 5) is 20.4. The Morgan fingerprint density at radius 2 is 2.12 bits per heavy atom. The van der Waals surface area contributed by atoms with E-state index in [4.69, 9.17) is 5.73 Å². The Morgan fingerprint density at radius 1 is 1.38 bits per heavy atom. The molecule has 3 aromatic rings. The zero-order chi connectivity index (χ0) is 19.1. The van der Waals surface area contributed by atoms with Gasteiger partial charge in [-0.1, -0.05) is 6.07 Å². The predicted molar refractivity (Wildman–Crippen MR) is 91.1 cm³/mol. The third-order valence-electron chi connectivity index (χ3n) is 3.63. The van der Waals surface area contributed by atoms with Gasteiger partial charge in [0.1, 0.15) is 11.3 Å². The Kier molecular flexibility index (Phi) is 4.55. The van der Waals surface area contributed by atoms with Gasteiger partial charge in [0.25, 0.3) is 5.91 Å². The van der Waals surface area contributed by atoms with Gasteiger partial charge >= 0.3 is 6.18 Å². The quantitative estimate of drug-likeness (QED) is 0.641. The maximum absolute atomic E-state index is 13.3. The monoisotopic (exact) mass is 382 g/mol. The molecule has 26 heavy (non-hydrogen) atoms. The number of pyridine rings is 1. The summed E-state index contributed by atoms with van der Waals surface area (Å²) in [6.45, 7) is 1.46. The molecular formula is C16H13F3N4O2S. The lowest BCUT2D eigenvalue weighted by Crippen LogP contribution is -2.20. The summed E-state index contributed by atoms with van der Waals surface area (Å²) in [5.74, 6) is -1.36. The summed E-state index contributed by atoms with van der Waals surface area (Å²) in [5, 5.41) is 14.7. The van der Waals surface area contributed by atoms with Crippen molar-refractivity contribution in [3.8, 4) is 5.75 Å². The molecule has 2 aromatic heterocycles. The van der Waals surface area contributed by atoms with Crippen molar-refractivity contribution in [1.29, 1.82) is 0 Å². The first-order valence-electron chi connectivity index (χ1n) is 7.39. The molecule has 0 radical (unpaired) electrons. The van der Waals surface area contributed by atoms with Crippen molar-refractivity contribution in [2.24, 2.45) is 5.73 Å². The number of carbonyl (C=O) groups excluding carboxylic acids is 1. The number of nitrogens with two attached hydrogens (primary N) is 1. The van der Waals surface area contributed by atoms with E-state index in [1.54, 1.807) is 5.38 Å². The first-order valence-corrected chi connectivity index (χ1v) is 8.27. The van der Waals surface area contributed by atoms with Gasteiger partial charge in [0.05, 0.1) is 16.8 Å². The minimum absolute atomic E-state index is 0.138. The lowest BCUT2D eigenvalue weighted by molar-refractivity contribution is -0.136. The number of alkyl halides is 3. The van der Waals surface area contributed by atoms with Crippen molar-refractivity contribution in [1.82, 2.24) is 9.97 Å². The zero-order valence-corrected chi connectivity index (χ0v) is 14.1. The summed E-state index contributed by atoms with van der Waals surface area (Å²) >= 11 is 1.15. The predicted octanol–water partition coefficient (Wildman–Crippen LogP) is 3.69. The maximum Gasteiger partial charge on any atom is 0.418 e. The fraction of sp³-hybridized carbons (Fsp3) is 0.188. The number of para-hydroxylation sites is 1. The van der Waals surface area contributed by atoms with Crippen LogP contribution in [0.5, 0.6) is 5.75 Å². The standard InChI is InChI=1S/C16H13F3N4O2S/c1-7(20)11-10(14(25)23-15-21-5-6-26-15)13(24)8-3-2-4-9(12(8)22-11)16(17,18)19/h2-7H,20H2,1H3,(H,22,24)(H,21,23,25)/t7-/m1/s1. The lowest BCUT2D eigenvalue weighted by atomic mass is 10.0. The van der Waals surface area contributed by atoms with Crippen molar-refractivity contribution in [3.05, 3.63) is 46.6 Å². The van der Waals surface area contributed by atoms with Gasteiger partial charge in [-0.2, -0.15) is 13.2 Å². The average molecular weight is 382 g/mol. The van der Waals surface area contributed by atoms with E-state index in [9.17, 15) is 23.1 Å². The van der Waals surface area contributed by atoms with Gasteiger partial charge < -0.3 is 10.8 Å². The third kappa shape index (κ3) is 3.20. The molecule has 0 spiro atoms. The minimum atomic E-state index is -4.67. The number of aromatic hydroxyl groups is 1. The minimum Gasteiger partial charge on any atom is -0.506 e. The fourth-order valence-corrected chi connectivity index (χ4v) is 3.04. The van der Waals surface area contributed by atoms with Crippen molar-refractivity contribution in [2.45, 2.75) is 19.1 Å². The molecule has 6 nitrogen and oxygen atoms in total. The molecule has 0 saturated heterocycles. The first kappa shape index (κ1) is 18.1. The second-order valence-electron chi connectivity index (χ2n) is 5.50. The molecule has 0 unspecified atom stereocenters. The Hall–Kier alpha value is -2.72. The van der Waals surface area contributed by atoms with Crippen LogP contribution >= 0.6 is 11.3 Å². The van der Waals surface area contributed by atoms with E-state index in [1.165, 1.54) is 19.2 Å². The molecule has 0 aliphatic rings. The van der Waals surface area contributed by atoms with Gasteiger partial charge in [-0.25, -0.2) is 9.97 Å². The summed E-state index contributed by atoms with van der Waals surface area (Å²) in [6.07, 6.45) is -3.19. The van der Waals surface area contributed by atoms with Crippen molar-refractivity contribution in [2.75, 3.05) is 5.32 Å². The molecule has 0 aliphatic carbocycles. The average Bonchev–Trinajstić information content (AvgIpc) is 3.05. The molecule has 3 rings (SSSR count). The third-order valence-corrected chi connectivity index (χ3v) is 4.32. The summed E-state index contributed by atoms with van der Waals surface area (Å²) in [7, 11) is 0. The largest absolute Gasteiger partial charge is 0.506 e. The van der Waals surface area contributed by atoms with Crippen molar-refractivity contribution in [3.63, 3.8) is 0 Å². The molecule has 0 aliphatic heterocycles. The summed E-state index contributed by atoms with van der Waals surface area (Å²) in [5.41, 5.74) is 3.91. The number of halogens is 3. The Balaban J connectivity index is 2.24. The van der Waals surface area contributed by atoms with Crippen LogP contribution in [0, 0.1) is 0 Å². The number of fused-ring (bicyclic) bond motifs is 1. The van der Waals surface area contributed by atoms with Crippen molar-refractivity contribution >= 4 is 33.3 Å². The highest BCUT2D eigenvalue weighted by atomic mass is 32.1. The Morgan fingerprint density at radius 3 is 2.69 bits per heavy atom. The van der Waals surface area contributed by atoms with E-state index in [-0.39, 0.29) is 21.8 Å². The van der Waals surface area contributed by atoms with E-state index in [2.05, 4.69) is 15.3 Å². The molecule has 1 amide bonds. The fourth-order valence-electron chi connectivity index (χ4n) is 2.51. The van der Waals surface area contributed by atoms with E-state index in [1.807, 2.05) is 0 Å². The van der Waals surface area contributed by atoms with Gasteiger partial charge in [0.2, 0.25) is 0 Å². The van der Waals surface area contributed by atoms with Crippen LogP contribution in [0.3, 0.4) is 0 Å². The van der Waals surface area contributed by atoms with E-state index in [0.717, 1.165) is 23.5 Å². The zero-order valence-electron chi connectivity index (χ0n) is 13.3. The molecule has 1 aromatic carbocycles. The highest BCUT2D eigenvalue weighted by Crippen LogP contribution is 2.39. The lowest BCUT2D eigenvalue weighted by Gasteiger charge is -2.17. The summed E-state index contributed by atoms with van der Waals surface area (Å²) < 4.78 is 39.8. The number of hydrogen-bond acceptors (Lipinski definition) is 6. The number of anilines is 1. The second-order valence-corrected chi connectivity index (χ2v) is 6.39. The number of carbonyl (C=O) groups is 1. The van der Waals surface area contributed by atoms with Crippen LogP contribution in [-0.4, -0.2) is 21.0 Å². The van der Waals surface area contributed by atoms with Crippen LogP contribution in [0.15, 0.2) is 29.8 Å². The van der Waals surface area contributed by atoms with Gasteiger partial charge in [0.15, 0.2) is 5.13 Å². The Labute approximate surface area is 149 Å². The number of rotatable bonds is 3. The second kappa shape index (κ2) is 6.54. The molecule has 1 atom stereocenters. The number of nitrogens with one attached hydrogen (secondary N) is 1. The molecular weight excluding hydrogens is 369 g/mol. The molecule has 0 fully saturated rings. The number of aromatic nitrogens is 2. The number of thiazole rings is 1. The van der Waals surface area contributed by atoms with Crippen molar-refractivity contribution < 1.29 is 23.1 Å². The molecule has 10 heteroatoms. The van der Waals surface area contributed by atoms with Gasteiger partial charge in [0, 0.05) is 23.0 Å². The van der Waals surface area contributed by atoms with Crippen LogP contribution in [-0.2, 0) is 6.18 Å².